The molecule has 1 aliphatic rings. The molecular formula is C20H18N6O5S. The molecule has 2 heterocycles. The molecule has 1 aromatic heterocycles. The van der Waals surface area contributed by atoms with Crippen molar-refractivity contribution in [1.82, 2.24) is 25.1 Å². The molecule has 12 heteroatoms. The Balaban J connectivity index is 1.58. The van der Waals surface area contributed by atoms with Crippen LogP contribution in [0.2, 0.25) is 0 Å². The number of carbonyl (C=O) groups is 3. The largest absolute Gasteiger partial charge is 0.324 e. The third kappa shape index (κ3) is 4.25. The molecule has 4 rings (SSSR count). The molecular weight excluding hydrogens is 436 g/mol. The quantitative estimate of drug-likeness (QED) is 0.514. The number of sulfone groups is 1. The highest BCUT2D eigenvalue weighted by molar-refractivity contribution is 7.90. The summed E-state index contributed by atoms with van der Waals surface area (Å²) < 4.78 is 24.9. The van der Waals surface area contributed by atoms with E-state index in [2.05, 4.69) is 20.8 Å². The normalized spacial score (nSPS) is 14.3. The Morgan fingerprint density at radius 3 is 2.19 bits per heavy atom. The van der Waals surface area contributed by atoms with Gasteiger partial charge < -0.3 is 5.32 Å². The van der Waals surface area contributed by atoms with Gasteiger partial charge in [-0.15, -0.1) is 5.10 Å². The van der Waals surface area contributed by atoms with Crippen LogP contribution in [0.4, 0.5) is 5.69 Å². The Labute approximate surface area is 182 Å². The molecule has 1 aliphatic heterocycles. The van der Waals surface area contributed by atoms with E-state index in [4.69, 9.17) is 0 Å². The van der Waals surface area contributed by atoms with Crippen LogP contribution in [-0.4, -0.2) is 69.3 Å². The van der Waals surface area contributed by atoms with Crippen LogP contribution in [0.3, 0.4) is 0 Å². The Hall–Kier alpha value is -3.93. The molecule has 11 nitrogen and oxygen atoms in total. The number of amides is 3. The number of nitrogens with one attached hydrogen (secondary N) is 1. The molecule has 0 bridgehead atoms. The SMILES string of the molecule is CS(=O)(=O)CCC(C(=O)Nc1ccc(-n2cnnn2)cc1)N1C(=O)c2ccccc2C1=O. The van der Waals surface area contributed by atoms with E-state index < -0.39 is 33.6 Å². The second kappa shape index (κ2) is 8.30. The maximum absolute atomic E-state index is 13.1. The first-order chi connectivity index (χ1) is 15.2. The fourth-order valence-electron chi connectivity index (χ4n) is 3.40. The third-order valence-electron chi connectivity index (χ3n) is 4.95. The zero-order valence-electron chi connectivity index (χ0n) is 16.9. The number of tetrazole rings is 1. The summed E-state index contributed by atoms with van der Waals surface area (Å²) in [5.74, 6) is -2.30. The number of hydrogen-bond acceptors (Lipinski definition) is 8. The number of nitrogens with zero attached hydrogens (tertiary/aromatic N) is 5. The average Bonchev–Trinajstić information content (AvgIpc) is 3.37. The second-order valence-corrected chi connectivity index (χ2v) is 9.51. The maximum Gasteiger partial charge on any atom is 0.262 e. The van der Waals surface area contributed by atoms with Crippen molar-refractivity contribution in [3.63, 3.8) is 0 Å². The van der Waals surface area contributed by atoms with Gasteiger partial charge in [-0.25, -0.2) is 13.1 Å². The maximum atomic E-state index is 13.1. The molecule has 0 fully saturated rings. The van der Waals surface area contributed by atoms with E-state index in [1.807, 2.05) is 0 Å². The molecule has 3 aromatic rings. The van der Waals surface area contributed by atoms with Gasteiger partial charge in [-0.3, -0.25) is 19.3 Å². The number of anilines is 1. The number of imide groups is 1. The molecule has 1 atom stereocenters. The zero-order chi connectivity index (χ0) is 22.9. The predicted octanol–water partition coefficient (Wildman–Crippen LogP) is 0.700. The molecule has 1 unspecified atom stereocenters. The standard InChI is InChI=1S/C20H18N6O5S/c1-32(30,31)11-10-17(26-19(28)15-4-2-3-5-16(15)20(26)29)18(27)22-13-6-8-14(9-7-13)25-12-21-23-24-25/h2-9,12,17H,10-11H2,1H3,(H,22,27). The molecule has 0 radical (unpaired) electrons. The summed E-state index contributed by atoms with van der Waals surface area (Å²) in [4.78, 5) is 39.6. The van der Waals surface area contributed by atoms with Crippen LogP contribution < -0.4 is 5.32 Å². The first-order valence-corrected chi connectivity index (χ1v) is 11.6. The fraction of sp³-hybridized carbons (Fsp3) is 0.200. The number of hydrogen-bond donors (Lipinski definition) is 1. The molecule has 0 aliphatic carbocycles. The first-order valence-electron chi connectivity index (χ1n) is 9.53. The summed E-state index contributed by atoms with van der Waals surface area (Å²) in [6.45, 7) is 0. The van der Waals surface area contributed by atoms with Crippen molar-refractivity contribution in [2.24, 2.45) is 0 Å². The lowest BCUT2D eigenvalue weighted by Crippen LogP contribution is -2.48. The Kier molecular flexibility index (Phi) is 5.53. The van der Waals surface area contributed by atoms with Crippen molar-refractivity contribution in [1.29, 1.82) is 0 Å². The Morgan fingerprint density at radius 1 is 1.03 bits per heavy atom. The van der Waals surface area contributed by atoms with Crippen molar-refractivity contribution >= 4 is 33.2 Å². The summed E-state index contributed by atoms with van der Waals surface area (Å²) in [5.41, 5.74) is 1.41. The van der Waals surface area contributed by atoms with Gasteiger partial charge in [-0.2, -0.15) is 0 Å². The fourth-order valence-corrected chi connectivity index (χ4v) is 4.05. The lowest BCUT2D eigenvalue weighted by molar-refractivity contribution is -0.120. The van der Waals surface area contributed by atoms with Crippen LogP contribution in [0.25, 0.3) is 5.69 Å². The third-order valence-corrected chi connectivity index (χ3v) is 5.93. The van der Waals surface area contributed by atoms with Crippen molar-refractivity contribution in [3.8, 4) is 5.69 Å². The molecule has 0 saturated carbocycles. The first kappa shape index (κ1) is 21.3. The molecule has 32 heavy (non-hydrogen) atoms. The van der Waals surface area contributed by atoms with Crippen molar-refractivity contribution in [2.75, 3.05) is 17.3 Å². The van der Waals surface area contributed by atoms with Crippen LogP contribution in [-0.2, 0) is 14.6 Å². The van der Waals surface area contributed by atoms with Gasteiger partial charge in [-0.1, -0.05) is 12.1 Å². The van der Waals surface area contributed by atoms with Crippen LogP contribution >= 0.6 is 0 Å². The number of aromatic nitrogens is 4. The average molecular weight is 454 g/mol. The van der Waals surface area contributed by atoms with Gasteiger partial charge in [0.25, 0.3) is 11.8 Å². The minimum Gasteiger partial charge on any atom is -0.324 e. The van der Waals surface area contributed by atoms with E-state index >= 15 is 0 Å². The summed E-state index contributed by atoms with van der Waals surface area (Å²) in [6, 6.07) is 11.5. The second-order valence-electron chi connectivity index (χ2n) is 7.25. The topological polar surface area (TPSA) is 144 Å². The highest BCUT2D eigenvalue weighted by Gasteiger charge is 2.42. The Bertz CT molecular complexity index is 1250. The van der Waals surface area contributed by atoms with E-state index in [0.29, 0.717) is 11.4 Å². The molecule has 3 amide bonds. The number of fused-ring (bicyclic) bond motifs is 1. The number of rotatable bonds is 7. The van der Waals surface area contributed by atoms with Crippen molar-refractivity contribution in [3.05, 3.63) is 66.0 Å². The van der Waals surface area contributed by atoms with Crippen LogP contribution in [0.15, 0.2) is 54.9 Å². The molecule has 0 spiro atoms. The minimum absolute atomic E-state index is 0.181. The molecule has 2 aromatic carbocycles. The van der Waals surface area contributed by atoms with E-state index in [9.17, 15) is 22.8 Å². The van der Waals surface area contributed by atoms with Gasteiger partial charge in [0.15, 0.2) is 0 Å². The summed E-state index contributed by atoms with van der Waals surface area (Å²) in [6.07, 6.45) is 2.22. The lowest BCUT2D eigenvalue weighted by Gasteiger charge is -2.25. The van der Waals surface area contributed by atoms with E-state index in [-0.39, 0.29) is 23.3 Å². The van der Waals surface area contributed by atoms with Crippen LogP contribution in [0, 0.1) is 0 Å². The summed E-state index contributed by atoms with van der Waals surface area (Å²) in [5, 5.41) is 13.5. The smallest absolute Gasteiger partial charge is 0.262 e. The van der Waals surface area contributed by atoms with Gasteiger partial charge in [0, 0.05) is 11.9 Å². The van der Waals surface area contributed by atoms with Gasteiger partial charge >= 0.3 is 0 Å². The van der Waals surface area contributed by atoms with Gasteiger partial charge in [0.1, 0.15) is 22.2 Å². The van der Waals surface area contributed by atoms with E-state index in [0.717, 1.165) is 11.2 Å². The predicted molar refractivity (Wildman–Crippen MR) is 113 cm³/mol. The van der Waals surface area contributed by atoms with Gasteiger partial charge in [0.05, 0.1) is 22.6 Å². The highest BCUT2D eigenvalue weighted by Crippen LogP contribution is 2.26. The van der Waals surface area contributed by atoms with Crippen LogP contribution in [0.1, 0.15) is 27.1 Å². The molecule has 0 saturated heterocycles. The summed E-state index contributed by atoms with van der Waals surface area (Å²) in [7, 11) is -3.44. The monoisotopic (exact) mass is 454 g/mol. The minimum atomic E-state index is -3.44. The Morgan fingerprint density at radius 2 is 1.66 bits per heavy atom. The van der Waals surface area contributed by atoms with Gasteiger partial charge in [-0.05, 0) is 53.2 Å². The van der Waals surface area contributed by atoms with Crippen molar-refractivity contribution < 1.29 is 22.8 Å². The number of carbonyl (C=O) groups excluding carboxylic acids is 3. The number of benzene rings is 2. The van der Waals surface area contributed by atoms with Gasteiger partial charge in [0.2, 0.25) is 5.91 Å². The molecule has 164 valence electrons. The summed E-state index contributed by atoms with van der Waals surface area (Å²) >= 11 is 0. The van der Waals surface area contributed by atoms with E-state index in [1.54, 1.807) is 36.4 Å². The lowest BCUT2D eigenvalue weighted by atomic mass is 10.1. The van der Waals surface area contributed by atoms with E-state index in [1.165, 1.54) is 23.1 Å². The van der Waals surface area contributed by atoms with Crippen LogP contribution in [0.5, 0.6) is 0 Å². The zero-order valence-corrected chi connectivity index (χ0v) is 17.7. The van der Waals surface area contributed by atoms with Crippen molar-refractivity contribution in [2.45, 2.75) is 12.5 Å². The highest BCUT2D eigenvalue weighted by atomic mass is 32.2. The molecule has 1 N–H and O–H groups in total.